The van der Waals surface area contributed by atoms with Crippen LogP contribution in [0.3, 0.4) is 0 Å². The summed E-state index contributed by atoms with van der Waals surface area (Å²) in [6.07, 6.45) is 12.4. The second-order valence-corrected chi connectivity index (χ2v) is 25.9. The molecule has 6 aromatic heterocycles. The first-order valence-electron chi connectivity index (χ1n) is 35.2. The highest BCUT2D eigenvalue weighted by atomic mass is 19.1. The molecule has 5 atom stereocenters. The Morgan fingerprint density at radius 1 is 0.485 bits per heavy atom. The summed E-state index contributed by atoms with van der Waals surface area (Å²) in [5.41, 5.74) is 10.9. The van der Waals surface area contributed by atoms with Crippen LogP contribution in [0.25, 0.3) is 22.3 Å². The number of nitrogens with one attached hydrogen (secondary N) is 5. The average Bonchev–Trinajstić information content (AvgIpc) is 1.66. The summed E-state index contributed by atoms with van der Waals surface area (Å²) < 4.78 is 17.5. The van der Waals surface area contributed by atoms with Gasteiger partial charge in [0.25, 0.3) is 0 Å². The molecule has 10 aromatic rings. The third-order valence-electron chi connectivity index (χ3n) is 17.9. The highest BCUT2D eigenvalue weighted by Gasteiger charge is 2.31. The molecular formula is C76H100FN21O3. The lowest BCUT2D eigenvalue weighted by atomic mass is 9.94. The fraction of sp³-hybridized carbons (Fsp3) is 0.421. The number of likely N-dealkylation sites (N-methyl/N-ethyl adjacent to an activating group) is 2. The van der Waals surface area contributed by atoms with Crippen molar-refractivity contribution >= 4 is 87.2 Å². The van der Waals surface area contributed by atoms with Gasteiger partial charge in [-0.25, -0.2) is 19.9 Å². The summed E-state index contributed by atoms with van der Waals surface area (Å²) in [4.78, 5) is 57.9. The SMILES string of the molecule is CCC(CO)N(C)c1nc(NCc2ccccc2)c2c(n1)C(C(C)C)C=N2.CCC(CO)Nc1nc(NCc2ccccc2)c2ncn(C)c2n1.CCCCCn1cnc2c(NCc3ccccc3)nc(F)nc21.CC[C@H](CO)N(C)c1nc(NCc2ccccc2)c2c(n1)C(C(C)C)C=N2. The number of aliphatic imine (C=N–C) groups is 2. The number of anilines is 7. The topological polar surface area (TPSA) is 291 Å². The molecule has 2 aliphatic rings. The molecule has 0 saturated heterocycles. The third kappa shape index (κ3) is 19.9. The van der Waals surface area contributed by atoms with Crippen molar-refractivity contribution in [1.82, 2.24) is 59.0 Å². The number of halogens is 1. The van der Waals surface area contributed by atoms with E-state index in [1.807, 2.05) is 144 Å². The number of rotatable bonds is 30. The number of aliphatic hydroxyl groups excluding tert-OH is 3. The Bertz CT molecular complexity index is 4090. The Balaban J connectivity index is 0.000000157. The van der Waals surface area contributed by atoms with E-state index in [1.165, 1.54) is 11.1 Å². The lowest BCUT2D eigenvalue weighted by Crippen LogP contribution is -2.35. The van der Waals surface area contributed by atoms with E-state index >= 15 is 0 Å². The van der Waals surface area contributed by atoms with E-state index in [0.29, 0.717) is 78.7 Å². The Morgan fingerprint density at radius 3 is 1.32 bits per heavy atom. The van der Waals surface area contributed by atoms with Crippen LogP contribution in [0.2, 0.25) is 0 Å². The van der Waals surface area contributed by atoms with E-state index in [4.69, 9.17) is 19.9 Å². The van der Waals surface area contributed by atoms with Gasteiger partial charge in [-0.15, -0.1) is 0 Å². The number of hydrogen-bond donors (Lipinski definition) is 8. The van der Waals surface area contributed by atoms with Crippen molar-refractivity contribution in [1.29, 1.82) is 0 Å². The number of imidazole rings is 2. The van der Waals surface area contributed by atoms with Crippen LogP contribution in [-0.4, -0.2) is 139 Å². The van der Waals surface area contributed by atoms with Gasteiger partial charge >= 0.3 is 6.08 Å². The summed E-state index contributed by atoms with van der Waals surface area (Å²) in [6.45, 7) is 20.5. The maximum absolute atomic E-state index is 13.8. The number of nitrogens with zero attached hydrogens (tertiary/aromatic N) is 16. The van der Waals surface area contributed by atoms with Crippen molar-refractivity contribution in [3.8, 4) is 0 Å². The van der Waals surface area contributed by atoms with Gasteiger partial charge in [-0.3, -0.25) is 9.98 Å². The van der Waals surface area contributed by atoms with Crippen LogP contribution in [0.5, 0.6) is 0 Å². The van der Waals surface area contributed by atoms with Gasteiger partial charge in [0.15, 0.2) is 45.6 Å². The number of aliphatic hydroxyl groups is 3. The van der Waals surface area contributed by atoms with E-state index in [2.05, 4.69) is 151 Å². The van der Waals surface area contributed by atoms with Gasteiger partial charge in [-0.05, 0) is 59.8 Å². The summed E-state index contributed by atoms with van der Waals surface area (Å²) >= 11 is 0. The minimum Gasteiger partial charge on any atom is -0.394 e. The van der Waals surface area contributed by atoms with Gasteiger partial charge in [0.05, 0.1) is 62.0 Å². The number of benzene rings is 4. The van der Waals surface area contributed by atoms with Crippen molar-refractivity contribution < 1.29 is 19.7 Å². The molecule has 12 rings (SSSR count). The molecule has 0 bridgehead atoms. The number of aromatic nitrogens is 12. The van der Waals surface area contributed by atoms with Crippen molar-refractivity contribution in [3.63, 3.8) is 0 Å². The molecule has 101 heavy (non-hydrogen) atoms. The molecule has 2 aliphatic heterocycles. The van der Waals surface area contributed by atoms with Crippen LogP contribution in [0.4, 0.5) is 56.9 Å². The van der Waals surface area contributed by atoms with Gasteiger partial charge in [0.2, 0.25) is 17.8 Å². The Morgan fingerprint density at radius 2 is 0.911 bits per heavy atom. The minimum absolute atomic E-state index is 0.00940. The van der Waals surface area contributed by atoms with Crippen LogP contribution in [0.15, 0.2) is 144 Å². The molecule has 8 heterocycles. The zero-order chi connectivity index (χ0) is 71.8. The Hall–Kier alpha value is -10.1. The van der Waals surface area contributed by atoms with Crippen molar-refractivity contribution in [2.24, 2.45) is 28.9 Å². The van der Waals surface area contributed by atoms with E-state index in [-0.39, 0.29) is 49.8 Å². The molecule has 0 amide bonds. The summed E-state index contributed by atoms with van der Waals surface area (Å²) in [5.74, 6) is 5.53. The molecule has 25 heteroatoms. The van der Waals surface area contributed by atoms with Gasteiger partial charge in [0, 0.05) is 78.1 Å². The third-order valence-corrected chi connectivity index (χ3v) is 17.9. The molecule has 4 aromatic carbocycles. The summed E-state index contributed by atoms with van der Waals surface area (Å²) in [6, 6.07) is 40.4. The van der Waals surface area contributed by atoms with Gasteiger partial charge < -0.3 is 60.8 Å². The molecular weight excluding hydrogens is 1270 g/mol. The highest BCUT2D eigenvalue weighted by molar-refractivity contribution is 5.87. The highest BCUT2D eigenvalue weighted by Crippen LogP contribution is 2.42. The second-order valence-electron chi connectivity index (χ2n) is 25.9. The fourth-order valence-corrected chi connectivity index (χ4v) is 11.5. The maximum Gasteiger partial charge on any atom is 0.312 e. The Labute approximate surface area is 592 Å². The van der Waals surface area contributed by atoms with E-state index in [9.17, 15) is 19.7 Å². The maximum atomic E-state index is 13.8. The molecule has 0 spiro atoms. The molecule has 0 radical (unpaired) electrons. The van der Waals surface area contributed by atoms with Crippen LogP contribution in [-0.2, 0) is 39.8 Å². The van der Waals surface area contributed by atoms with E-state index in [1.54, 1.807) is 12.7 Å². The van der Waals surface area contributed by atoms with Gasteiger partial charge in [0.1, 0.15) is 11.4 Å². The molecule has 0 aliphatic carbocycles. The number of hydrogen-bond acceptors (Lipinski definition) is 22. The van der Waals surface area contributed by atoms with Crippen LogP contribution in [0, 0.1) is 17.9 Å². The lowest BCUT2D eigenvalue weighted by molar-refractivity contribution is 0.258. The first-order chi connectivity index (χ1) is 49.1. The molecule has 0 saturated carbocycles. The van der Waals surface area contributed by atoms with Crippen LogP contribution < -0.4 is 36.4 Å². The molecule has 0 fully saturated rings. The molecule has 534 valence electrons. The average molecular weight is 1370 g/mol. The van der Waals surface area contributed by atoms with Crippen molar-refractivity contribution in [3.05, 3.63) is 174 Å². The second kappa shape index (κ2) is 37.4. The first kappa shape index (κ1) is 75.1. The molecule has 8 N–H and O–H groups in total. The molecule has 4 unspecified atom stereocenters. The predicted molar refractivity (Wildman–Crippen MR) is 406 cm³/mol. The quantitative estimate of drug-likeness (QED) is 0.0153. The number of aryl methyl sites for hydroxylation is 2. The van der Waals surface area contributed by atoms with Crippen molar-refractivity contribution in [2.45, 2.75) is 157 Å². The van der Waals surface area contributed by atoms with Crippen LogP contribution in [0.1, 0.15) is 139 Å². The monoisotopic (exact) mass is 1370 g/mol. The van der Waals surface area contributed by atoms with E-state index in [0.717, 1.165) is 102 Å². The fourth-order valence-electron chi connectivity index (χ4n) is 11.5. The normalized spacial score (nSPS) is 14.2. The number of unbranched alkanes of at least 4 members (excludes halogenated alkanes) is 2. The van der Waals surface area contributed by atoms with Gasteiger partial charge in [-0.1, -0.05) is 190 Å². The van der Waals surface area contributed by atoms with Crippen LogP contribution >= 0.6 is 0 Å². The Kier molecular flexibility index (Phi) is 27.8. The van der Waals surface area contributed by atoms with Gasteiger partial charge in [-0.2, -0.15) is 34.3 Å². The van der Waals surface area contributed by atoms with Crippen molar-refractivity contribution in [2.75, 3.05) is 70.3 Å². The standard InChI is InChI=1S/2C21H29N5O.C17H20FN5.C17H22N6O/c2*1-5-16(13-27)26(4)21-24-18-17(14(2)3)12-22-19(18)20(25-21)23-11-15-9-7-6-8-10-15;1-2-3-7-10-23-12-20-14-15(21-17(18)22-16(14)23)19-11-13-8-5-4-6-9-13;1-3-13(10-24)20-17-21-15(14-16(22-17)23(2)11-19-14)18-9-12-7-5-4-6-8-12/h2*6-10,12,14,16-17,27H,5,11,13H2,1-4H3,(H,23,24,25);4-6,8-9,12H,2-3,7,10-11H2,1H3,(H,19,21,22);4-8,11,13,24H,3,9-10H2,1-2H3,(H2,18,20,21,22)/t16-,17?;;;/m1.../s1. The largest absolute Gasteiger partial charge is 0.394 e. The zero-order valence-electron chi connectivity index (χ0n) is 60.2. The predicted octanol–water partition coefficient (Wildman–Crippen LogP) is 13.4. The zero-order valence-corrected chi connectivity index (χ0v) is 60.2. The smallest absolute Gasteiger partial charge is 0.312 e. The molecule has 24 nitrogen and oxygen atoms in total. The minimum atomic E-state index is -0.731. The van der Waals surface area contributed by atoms with E-state index < -0.39 is 6.08 Å². The summed E-state index contributed by atoms with van der Waals surface area (Å²) in [5, 5.41) is 45.3. The first-order valence-corrected chi connectivity index (χ1v) is 35.2. The summed E-state index contributed by atoms with van der Waals surface area (Å²) in [7, 11) is 5.77. The lowest BCUT2D eigenvalue weighted by Gasteiger charge is -2.27. The number of fused-ring (bicyclic) bond motifs is 4.